The van der Waals surface area contributed by atoms with Crippen LogP contribution in [0, 0.1) is 6.92 Å². The lowest BCUT2D eigenvalue weighted by molar-refractivity contribution is 0.301. The van der Waals surface area contributed by atoms with Gasteiger partial charge >= 0.3 is 0 Å². The van der Waals surface area contributed by atoms with Gasteiger partial charge in [0.05, 0.1) is 0 Å². The molecule has 0 aliphatic rings. The fraction of sp³-hybridized carbons (Fsp3) is 0.250. The number of hydrogen-bond acceptors (Lipinski definition) is 2. The van der Waals surface area contributed by atoms with Crippen molar-refractivity contribution in [3.63, 3.8) is 0 Å². The van der Waals surface area contributed by atoms with Crippen molar-refractivity contribution in [3.05, 3.63) is 63.1 Å². The van der Waals surface area contributed by atoms with Gasteiger partial charge in [-0.05, 0) is 37.6 Å². The van der Waals surface area contributed by atoms with Crippen LogP contribution in [0.2, 0.25) is 10.0 Å². The highest BCUT2D eigenvalue weighted by Crippen LogP contribution is 2.27. The van der Waals surface area contributed by atoms with E-state index in [4.69, 9.17) is 33.7 Å². The summed E-state index contributed by atoms with van der Waals surface area (Å²) in [5.41, 5.74) is 8.97. The monoisotopic (exact) mass is 309 g/mol. The molecule has 0 spiro atoms. The predicted molar refractivity (Wildman–Crippen MR) is 84.6 cm³/mol. The molecule has 0 saturated carbocycles. The van der Waals surface area contributed by atoms with Gasteiger partial charge in [-0.2, -0.15) is 0 Å². The largest absolute Gasteiger partial charge is 0.488 e. The Labute approximate surface area is 129 Å². The molecule has 2 aromatic carbocycles. The van der Waals surface area contributed by atoms with Crippen molar-refractivity contribution in [2.24, 2.45) is 5.73 Å². The van der Waals surface area contributed by atoms with Gasteiger partial charge in [0.25, 0.3) is 0 Å². The Morgan fingerprint density at radius 1 is 1.15 bits per heavy atom. The molecule has 2 nitrogen and oxygen atoms in total. The van der Waals surface area contributed by atoms with Crippen molar-refractivity contribution in [3.8, 4) is 5.75 Å². The van der Waals surface area contributed by atoms with Gasteiger partial charge in [-0.25, -0.2) is 0 Å². The first kappa shape index (κ1) is 15.2. The van der Waals surface area contributed by atoms with Gasteiger partial charge in [-0.1, -0.05) is 41.4 Å². The third-order valence-corrected chi connectivity index (χ3v) is 3.64. The second kappa shape index (κ2) is 6.49. The molecule has 0 aromatic heterocycles. The van der Waals surface area contributed by atoms with Crippen LogP contribution in [0.5, 0.6) is 5.75 Å². The number of aryl methyl sites for hydroxylation is 1. The summed E-state index contributed by atoms with van der Waals surface area (Å²) in [6, 6.07) is 11.3. The lowest BCUT2D eigenvalue weighted by Crippen LogP contribution is -2.08. The minimum atomic E-state index is -0.0775. The third-order valence-electron chi connectivity index (χ3n) is 3.06. The topological polar surface area (TPSA) is 35.2 Å². The average Bonchev–Trinajstić information content (AvgIpc) is 2.37. The number of rotatable bonds is 4. The molecule has 0 amide bonds. The van der Waals surface area contributed by atoms with Crippen molar-refractivity contribution in [2.45, 2.75) is 26.5 Å². The van der Waals surface area contributed by atoms with Crippen LogP contribution in [-0.2, 0) is 6.61 Å². The minimum Gasteiger partial charge on any atom is -0.488 e. The molecule has 1 atom stereocenters. The number of ether oxygens (including phenoxy) is 1. The van der Waals surface area contributed by atoms with E-state index in [1.54, 1.807) is 12.1 Å². The van der Waals surface area contributed by atoms with Crippen LogP contribution in [0.4, 0.5) is 0 Å². The van der Waals surface area contributed by atoms with Gasteiger partial charge in [0, 0.05) is 27.2 Å². The van der Waals surface area contributed by atoms with Gasteiger partial charge in [0.1, 0.15) is 12.4 Å². The normalized spacial score (nSPS) is 12.2. The summed E-state index contributed by atoms with van der Waals surface area (Å²) in [6.45, 7) is 4.35. The first-order valence-corrected chi connectivity index (χ1v) is 7.16. The number of benzene rings is 2. The summed E-state index contributed by atoms with van der Waals surface area (Å²) in [7, 11) is 0. The summed E-state index contributed by atoms with van der Waals surface area (Å²) >= 11 is 12.0. The summed E-state index contributed by atoms with van der Waals surface area (Å²) in [5.74, 6) is 0.797. The van der Waals surface area contributed by atoms with E-state index in [-0.39, 0.29) is 6.04 Å². The van der Waals surface area contributed by atoms with Gasteiger partial charge in [-0.15, -0.1) is 0 Å². The maximum Gasteiger partial charge on any atom is 0.124 e. The quantitative estimate of drug-likeness (QED) is 0.871. The zero-order valence-electron chi connectivity index (χ0n) is 11.5. The van der Waals surface area contributed by atoms with Crippen LogP contribution in [0.25, 0.3) is 0 Å². The molecular weight excluding hydrogens is 293 g/mol. The van der Waals surface area contributed by atoms with Crippen LogP contribution in [0.1, 0.15) is 29.7 Å². The fourth-order valence-electron chi connectivity index (χ4n) is 1.94. The molecule has 0 aliphatic carbocycles. The standard InChI is InChI=1S/C16H17Cl2NO/c1-10-3-6-14(11(2)19)16(7-10)20-9-12-4-5-13(17)8-15(12)18/h3-8,11H,9,19H2,1-2H3/t11-/m0/s1. The number of nitrogens with two attached hydrogens (primary N) is 1. The van der Waals surface area contributed by atoms with Crippen LogP contribution in [-0.4, -0.2) is 0 Å². The van der Waals surface area contributed by atoms with Gasteiger partial charge in [0.15, 0.2) is 0 Å². The molecule has 2 N–H and O–H groups in total. The van der Waals surface area contributed by atoms with Crippen molar-refractivity contribution >= 4 is 23.2 Å². The first-order valence-electron chi connectivity index (χ1n) is 6.40. The van der Waals surface area contributed by atoms with E-state index >= 15 is 0 Å². The first-order chi connectivity index (χ1) is 9.47. The SMILES string of the molecule is Cc1ccc([C@H](C)N)c(OCc2ccc(Cl)cc2Cl)c1. The van der Waals surface area contributed by atoms with Gasteiger partial charge < -0.3 is 10.5 Å². The molecule has 0 fully saturated rings. The van der Waals surface area contributed by atoms with Gasteiger partial charge in [-0.3, -0.25) is 0 Å². The van der Waals surface area contributed by atoms with Gasteiger partial charge in [0.2, 0.25) is 0 Å². The molecule has 20 heavy (non-hydrogen) atoms. The maximum atomic E-state index is 6.14. The van der Waals surface area contributed by atoms with Crippen molar-refractivity contribution < 1.29 is 4.74 Å². The maximum absolute atomic E-state index is 6.14. The lowest BCUT2D eigenvalue weighted by atomic mass is 10.1. The number of halogens is 2. The summed E-state index contributed by atoms with van der Waals surface area (Å²) in [5, 5.41) is 1.22. The van der Waals surface area contributed by atoms with Crippen molar-refractivity contribution in [1.29, 1.82) is 0 Å². The molecule has 0 radical (unpaired) electrons. The van der Waals surface area contributed by atoms with Crippen molar-refractivity contribution in [1.82, 2.24) is 0 Å². The zero-order valence-corrected chi connectivity index (χ0v) is 13.0. The van der Waals surface area contributed by atoms with E-state index in [2.05, 4.69) is 0 Å². The Balaban J connectivity index is 2.20. The van der Waals surface area contributed by atoms with Crippen LogP contribution in [0.3, 0.4) is 0 Å². The van der Waals surface area contributed by atoms with E-state index in [1.807, 2.05) is 38.1 Å². The molecule has 4 heteroatoms. The molecule has 0 saturated heterocycles. The Hall–Kier alpha value is -1.22. The average molecular weight is 310 g/mol. The van der Waals surface area contributed by atoms with E-state index in [9.17, 15) is 0 Å². The molecule has 0 unspecified atom stereocenters. The summed E-state index contributed by atoms with van der Waals surface area (Å²) in [4.78, 5) is 0. The molecule has 2 rings (SSSR count). The Morgan fingerprint density at radius 3 is 2.55 bits per heavy atom. The molecule has 0 heterocycles. The zero-order chi connectivity index (χ0) is 14.7. The molecular formula is C16H17Cl2NO. The lowest BCUT2D eigenvalue weighted by Gasteiger charge is -2.15. The van der Waals surface area contributed by atoms with E-state index in [1.165, 1.54) is 0 Å². The molecule has 0 bridgehead atoms. The second-order valence-electron chi connectivity index (χ2n) is 4.85. The van der Waals surface area contributed by atoms with Crippen LogP contribution in [0.15, 0.2) is 36.4 Å². The third kappa shape index (κ3) is 3.66. The summed E-state index contributed by atoms with van der Waals surface area (Å²) < 4.78 is 5.88. The Bertz CT molecular complexity index is 611. The van der Waals surface area contributed by atoms with E-state index < -0.39 is 0 Å². The fourth-order valence-corrected chi connectivity index (χ4v) is 2.40. The van der Waals surface area contributed by atoms with Crippen LogP contribution < -0.4 is 10.5 Å². The van der Waals surface area contributed by atoms with E-state index in [0.29, 0.717) is 16.7 Å². The predicted octanol–water partition coefficient (Wildman–Crippen LogP) is 4.90. The molecule has 2 aromatic rings. The number of hydrogen-bond donors (Lipinski definition) is 1. The summed E-state index contributed by atoms with van der Waals surface area (Å²) in [6.07, 6.45) is 0. The second-order valence-corrected chi connectivity index (χ2v) is 5.70. The van der Waals surface area contributed by atoms with Crippen molar-refractivity contribution in [2.75, 3.05) is 0 Å². The van der Waals surface area contributed by atoms with E-state index in [0.717, 1.165) is 22.4 Å². The highest BCUT2D eigenvalue weighted by molar-refractivity contribution is 6.35. The Kier molecular flexibility index (Phi) is 4.92. The highest BCUT2D eigenvalue weighted by atomic mass is 35.5. The highest BCUT2D eigenvalue weighted by Gasteiger charge is 2.09. The van der Waals surface area contributed by atoms with Crippen LogP contribution >= 0.6 is 23.2 Å². The minimum absolute atomic E-state index is 0.0775. The molecule has 0 aliphatic heterocycles. The molecule has 106 valence electrons. The Morgan fingerprint density at radius 2 is 1.90 bits per heavy atom. The smallest absolute Gasteiger partial charge is 0.124 e.